The van der Waals surface area contributed by atoms with Crippen LogP contribution in [0.15, 0.2) is 22.7 Å². The molecule has 0 radical (unpaired) electrons. The third-order valence-corrected chi connectivity index (χ3v) is 3.45. The summed E-state index contributed by atoms with van der Waals surface area (Å²) >= 11 is 0. The summed E-state index contributed by atoms with van der Waals surface area (Å²) in [4.78, 5) is 26.7. The van der Waals surface area contributed by atoms with Gasteiger partial charge in [-0.15, -0.1) is 0 Å². The van der Waals surface area contributed by atoms with Crippen LogP contribution in [0.25, 0.3) is 11.4 Å². The first-order chi connectivity index (χ1) is 12.2. The normalized spacial score (nSPS) is 17.3. The van der Waals surface area contributed by atoms with Crippen LogP contribution in [0.2, 0.25) is 0 Å². The Hall–Kier alpha value is -3.18. The number of nitrogens with one attached hydrogen (secondary N) is 1. The van der Waals surface area contributed by atoms with Gasteiger partial charge in [0.05, 0.1) is 11.6 Å². The van der Waals surface area contributed by atoms with Crippen LogP contribution in [-0.4, -0.2) is 39.8 Å². The summed E-state index contributed by atoms with van der Waals surface area (Å²) in [7, 11) is 0. The van der Waals surface area contributed by atoms with Crippen molar-refractivity contribution in [2.24, 2.45) is 0 Å². The van der Waals surface area contributed by atoms with Gasteiger partial charge in [-0.05, 0) is 19.1 Å². The minimum absolute atomic E-state index is 0.0693. The van der Waals surface area contributed by atoms with Crippen LogP contribution in [0.3, 0.4) is 0 Å². The molecule has 1 aliphatic rings. The maximum Gasteiger partial charge on any atom is 0.471 e. The van der Waals surface area contributed by atoms with E-state index in [4.69, 9.17) is 4.74 Å². The lowest BCUT2D eigenvalue weighted by atomic mass is 10.1. The highest BCUT2D eigenvalue weighted by molar-refractivity contribution is 5.95. The number of benzene rings is 1. The predicted molar refractivity (Wildman–Crippen MR) is 74.8 cm³/mol. The van der Waals surface area contributed by atoms with E-state index in [0.29, 0.717) is 0 Å². The number of hydrazine groups is 1. The fourth-order valence-electron chi connectivity index (χ4n) is 2.14. The zero-order valence-corrected chi connectivity index (χ0v) is 13.0. The number of carbonyl (C=O) groups excluding carboxylic acids is 2. The second-order valence-electron chi connectivity index (χ2n) is 5.35. The van der Waals surface area contributed by atoms with Gasteiger partial charge in [-0.25, -0.2) is 14.2 Å². The van der Waals surface area contributed by atoms with Crippen LogP contribution in [0.4, 0.5) is 22.4 Å². The van der Waals surface area contributed by atoms with Gasteiger partial charge in [0.1, 0.15) is 12.4 Å². The SMILES string of the molecule is CC1COC(=O)N1NC(=O)c1ccc(-c2noc(C(F)(F)F)n2)cc1F. The van der Waals surface area contributed by atoms with Crippen molar-refractivity contribution in [3.63, 3.8) is 0 Å². The molecule has 1 aromatic carbocycles. The van der Waals surface area contributed by atoms with Crippen molar-refractivity contribution in [3.8, 4) is 11.4 Å². The zero-order valence-electron chi connectivity index (χ0n) is 13.0. The fourth-order valence-corrected chi connectivity index (χ4v) is 2.14. The van der Waals surface area contributed by atoms with Crippen LogP contribution < -0.4 is 5.43 Å². The number of amides is 2. The zero-order chi connectivity index (χ0) is 19.1. The monoisotopic (exact) mass is 374 g/mol. The fraction of sp³-hybridized carbons (Fsp3) is 0.286. The van der Waals surface area contributed by atoms with Gasteiger partial charge < -0.3 is 9.26 Å². The molecule has 8 nitrogen and oxygen atoms in total. The summed E-state index contributed by atoms with van der Waals surface area (Å²) in [6.07, 6.45) is -5.61. The highest BCUT2D eigenvalue weighted by Gasteiger charge is 2.38. The van der Waals surface area contributed by atoms with E-state index in [1.54, 1.807) is 6.92 Å². The lowest BCUT2D eigenvalue weighted by molar-refractivity contribution is -0.159. The molecular weight excluding hydrogens is 364 g/mol. The Morgan fingerprint density at radius 3 is 2.65 bits per heavy atom. The minimum Gasteiger partial charge on any atom is -0.446 e. The van der Waals surface area contributed by atoms with Crippen molar-refractivity contribution in [1.29, 1.82) is 0 Å². The maximum absolute atomic E-state index is 14.2. The highest BCUT2D eigenvalue weighted by atomic mass is 19.4. The van der Waals surface area contributed by atoms with Crippen molar-refractivity contribution in [1.82, 2.24) is 20.6 Å². The van der Waals surface area contributed by atoms with Gasteiger partial charge in [-0.1, -0.05) is 11.2 Å². The van der Waals surface area contributed by atoms with E-state index in [9.17, 15) is 27.2 Å². The molecule has 2 heterocycles. The number of carbonyl (C=O) groups is 2. The van der Waals surface area contributed by atoms with Crippen LogP contribution in [0, 0.1) is 5.82 Å². The molecular formula is C14H10F4N4O4. The molecule has 1 unspecified atom stereocenters. The number of hydrogen-bond acceptors (Lipinski definition) is 6. The predicted octanol–water partition coefficient (Wildman–Crippen LogP) is 2.38. The summed E-state index contributed by atoms with van der Waals surface area (Å²) < 4.78 is 60.3. The molecule has 1 saturated heterocycles. The Morgan fingerprint density at radius 1 is 1.38 bits per heavy atom. The van der Waals surface area contributed by atoms with Gasteiger partial charge in [0.15, 0.2) is 0 Å². The third-order valence-electron chi connectivity index (χ3n) is 3.45. The molecule has 2 amide bonds. The number of halogens is 4. The van der Waals surface area contributed by atoms with Crippen molar-refractivity contribution in [2.45, 2.75) is 19.1 Å². The number of aromatic nitrogens is 2. The lowest BCUT2D eigenvalue weighted by Gasteiger charge is -2.18. The lowest BCUT2D eigenvalue weighted by Crippen LogP contribution is -2.46. The molecule has 12 heteroatoms. The molecule has 1 fully saturated rings. The van der Waals surface area contributed by atoms with Gasteiger partial charge in [-0.3, -0.25) is 10.2 Å². The first-order valence-corrected chi connectivity index (χ1v) is 7.14. The number of hydrogen-bond donors (Lipinski definition) is 1. The standard InChI is InChI=1S/C14H10F4N4O4/c1-6-5-25-13(24)22(6)20-11(23)8-3-2-7(4-9(8)15)10-19-12(26-21-10)14(16,17)18/h2-4,6H,5H2,1H3,(H,20,23). The summed E-state index contributed by atoms with van der Waals surface area (Å²) in [5.41, 5.74) is 1.65. The molecule has 1 N–H and O–H groups in total. The Labute approximate surface area is 142 Å². The molecule has 0 spiro atoms. The highest BCUT2D eigenvalue weighted by Crippen LogP contribution is 2.29. The average molecular weight is 374 g/mol. The van der Waals surface area contributed by atoms with Gasteiger partial charge in [-0.2, -0.15) is 18.2 Å². The van der Waals surface area contributed by atoms with Gasteiger partial charge in [0, 0.05) is 5.56 Å². The van der Waals surface area contributed by atoms with E-state index in [2.05, 4.69) is 20.1 Å². The van der Waals surface area contributed by atoms with E-state index < -0.39 is 47.3 Å². The Bertz CT molecular complexity index is 867. The summed E-state index contributed by atoms with van der Waals surface area (Å²) in [6, 6.07) is 2.52. The molecule has 3 rings (SSSR count). The maximum atomic E-state index is 14.2. The topological polar surface area (TPSA) is 97.6 Å². The second kappa shape index (κ2) is 6.28. The quantitative estimate of drug-likeness (QED) is 0.829. The van der Waals surface area contributed by atoms with E-state index >= 15 is 0 Å². The molecule has 1 aromatic heterocycles. The first kappa shape index (κ1) is 17.6. The second-order valence-corrected chi connectivity index (χ2v) is 5.35. The Balaban J connectivity index is 1.80. The Morgan fingerprint density at radius 2 is 2.12 bits per heavy atom. The van der Waals surface area contributed by atoms with E-state index in [1.807, 2.05) is 0 Å². The van der Waals surface area contributed by atoms with Gasteiger partial charge in [0.2, 0.25) is 5.82 Å². The molecule has 138 valence electrons. The van der Waals surface area contributed by atoms with E-state index in [1.165, 1.54) is 0 Å². The van der Waals surface area contributed by atoms with E-state index in [0.717, 1.165) is 23.2 Å². The van der Waals surface area contributed by atoms with Crippen LogP contribution >= 0.6 is 0 Å². The van der Waals surface area contributed by atoms with E-state index in [-0.39, 0.29) is 12.2 Å². The molecule has 0 saturated carbocycles. The molecule has 1 atom stereocenters. The largest absolute Gasteiger partial charge is 0.471 e. The summed E-state index contributed by atoms with van der Waals surface area (Å²) in [5, 5.41) is 4.04. The van der Waals surface area contributed by atoms with Gasteiger partial charge in [0.25, 0.3) is 5.91 Å². The average Bonchev–Trinajstić information content (AvgIpc) is 3.17. The molecule has 26 heavy (non-hydrogen) atoms. The number of nitrogens with zero attached hydrogens (tertiary/aromatic N) is 3. The van der Waals surface area contributed by atoms with Crippen LogP contribution in [0.1, 0.15) is 23.2 Å². The molecule has 0 aliphatic carbocycles. The number of rotatable bonds is 3. The number of ether oxygens (including phenoxy) is 1. The summed E-state index contributed by atoms with van der Waals surface area (Å²) in [5.74, 6) is -4.03. The van der Waals surface area contributed by atoms with Crippen molar-refractivity contribution in [2.75, 3.05) is 6.61 Å². The first-order valence-electron chi connectivity index (χ1n) is 7.14. The molecule has 0 bridgehead atoms. The van der Waals surface area contributed by atoms with Crippen molar-refractivity contribution in [3.05, 3.63) is 35.5 Å². The van der Waals surface area contributed by atoms with Crippen molar-refractivity contribution >= 4 is 12.0 Å². The smallest absolute Gasteiger partial charge is 0.446 e. The molecule has 2 aromatic rings. The van der Waals surface area contributed by atoms with Crippen LogP contribution in [-0.2, 0) is 10.9 Å². The number of alkyl halides is 3. The van der Waals surface area contributed by atoms with Crippen LogP contribution in [0.5, 0.6) is 0 Å². The Kier molecular flexibility index (Phi) is 4.26. The number of cyclic esters (lactones) is 1. The van der Waals surface area contributed by atoms with Crippen molar-refractivity contribution < 1.29 is 36.4 Å². The third kappa shape index (κ3) is 3.30. The molecule has 1 aliphatic heterocycles. The minimum atomic E-state index is -4.83. The van der Waals surface area contributed by atoms with Gasteiger partial charge >= 0.3 is 18.2 Å². The summed E-state index contributed by atoms with van der Waals surface area (Å²) in [6.45, 7) is 1.68.